The zero-order valence-electron chi connectivity index (χ0n) is 10.8. The number of nitrogens with one attached hydrogen (secondary N) is 2. The third-order valence-electron chi connectivity index (χ3n) is 3.27. The molecule has 0 spiro atoms. The third-order valence-corrected chi connectivity index (χ3v) is 3.27. The number of anilines is 1. The van der Waals surface area contributed by atoms with E-state index < -0.39 is 0 Å². The van der Waals surface area contributed by atoms with E-state index in [1.807, 2.05) is 12.1 Å². The number of aromatic hydroxyl groups is 1. The van der Waals surface area contributed by atoms with Crippen LogP contribution in [0.5, 0.6) is 5.75 Å². The molecule has 6 nitrogen and oxygen atoms in total. The molecule has 2 aromatic rings. The fourth-order valence-electron chi connectivity index (χ4n) is 2.26. The van der Waals surface area contributed by atoms with E-state index in [2.05, 4.69) is 32.3 Å². The van der Waals surface area contributed by atoms with Crippen LogP contribution < -0.4 is 10.2 Å². The predicted molar refractivity (Wildman–Crippen MR) is 73.2 cm³/mol. The van der Waals surface area contributed by atoms with Crippen molar-refractivity contribution in [2.75, 3.05) is 24.5 Å². The molecule has 1 aliphatic heterocycles. The first-order valence-corrected chi connectivity index (χ1v) is 6.42. The van der Waals surface area contributed by atoms with Crippen molar-refractivity contribution in [1.29, 1.82) is 0 Å². The summed E-state index contributed by atoms with van der Waals surface area (Å²) < 4.78 is 0. The van der Waals surface area contributed by atoms with Crippen LogP contribution in [0.15, 0.2) is 24.3 Å². The highest BCUT2D eigenvalue weighted by Crippen LogP contribution is 2.20. The third kappa shape index (κ3) is 2.53. The molecule has 0 unspecified atom stereocenters. The number of rotatable bonds is 2. The minimum Gasteiger partial charge on any atom is -0.508 e. The van der Waals surface area contributed by atoms with Crippen LogP contribution in [-0.4, -0.2) is 46.0 Å². The number of H-pyrrole nitrogens is 1. The topological polar surface area (TPSA) is 77.1 Å². The first-order chi connectivity index (χ1) is 9.22. The number of aromatic amines is 1. The lowest BCUT2D eigenvalue weighted by Gasteiger charge is -2.30. The van der Waals surface area contributed by atoms with E-state index in [0.29, 0.717) is 6.04 Å². The Kier molecular flexibility index (Phi) is 3.08. The van der Waals surface area contributed by atoms with Gasteiger partial charge in [0.15, 0.2) is 5.82 Å². The molecular weight excluding hydrogens is 242 g/mol. The summed E-state index contributed by atoms with van der Waals surface area (Å²) in [5.74, 6) is 1.71. The van der Waals surface area contributed by atoms with Crippen LogP contribution in [0.25, 0.3) is 11.4 Å². The van der Waals surface area contributed by atoms with E-state index in [1.165, 1.54) is 0 Å². The summed E-state index contributed by atoms with van der Waals surface area (Å²) in [4.78, 5) is 6.69. The molecule has 1 fully saturated rings. The summed E-state index contributed by atoms with van der Waals surface area (Å²) in [5.41, 5.74) is 0.916. The molecule has 1 aliphatic rings. The summed E-state index contributed by atoms with van der Waals surface area (Å²) in [6, 6.07) is 7.37. The van der Waals surface area contributed by atoms with Crippen LogP contribution in [0.2, 0.25) is 0 Å². The highest BCUT2D eigenvalue weighted by Gasteiger charge is 2.19. The SMILES string of the molecule is C[C@@H]1CN(c2n[nH]c(-c3ccc(O)cc3)n2)CCN1. The van der Waals surface area contributed by atoms with Crippen molar-refractivity contribution in [1.82, 2.24) is 20.5 Å². The molecule has 6 heteroatoms. The highest BCUT2D eigenvalue weighted by molar-refractivity contribution is 5.57. The molecule has 1 atom stereocenters. The van der Waals surface area contributed by atoms with Crippen LogP contribution in [0, 0.1) is 0 Å². The lowest BCUT2D eigenvalue weighted by atomic mass is 10.2. The van der Waals surface area contributed by atoms with E-state index in [9.17, 15) is 5.11 Å². The van der Waals surface area contributed by atoms with Crippen LogP contribution in [-0.2, 0) is 0 Å². The minimum absolute atomic E-state index is 0.249. The summed E-state index contributed by atoms with van der Waals surface area (Å²) in [6.45, 7) is 4.92. The predicted octanol–water partition coefficient (Wildman–Crippen LogP) is 0.975. The van der Waals surface area contributed by atoms with Gasteiger partial charge in [-0.3, -0.25) is 5.10 Å². The molecule has 0 bridgehead atoms. The molecule has 3 rings (SSSR count). The van der Waals surface area contributed by atoms with Crippen molar-refractivity contribution >= 4 is 5.95 Å². The van der Waals surface area contributed by atoms with E-state index in [1.54, 1.807) is 12.1 Å². The van der Waals surface area contributed by atoms with Gasteiger partial charge in [0, 0.05) is 31.2 Å². The van der Waals surface area contributed by atoms with Gasteiger partial charge in [-0.15, -0.1) is 5.10 Å². The average molecular weight is 259 g/mol. The van der Waals surface area contributed by atoms with Gasteiger partial charge >= 0.3 is 0 Å². The molecule has 0 radical (unpaired) electrons. The quantitative estimate of drug-likeness (QED) is 0.749. The zero-order chi connectivity index (χ0) is 13.2. The number of phenols is 1. The first-order valence-electron chi connectivity index (χ1n) is 6.42. The Morgan fingerprint density at radius 2 is 2.11 bits per heavy atom. The number of hydrogen-bond donors (Lipinski definition) is 3. The van der Waals surface area contributed by atoms with Gasteiger partial charge in [-0.25, -0.2) is 0 Å². The Bertz CT molecular complexity index is 550. The van der Waals surface area contributed by atoms with Crippen molar-refractivity contribution in [2.45, 2.75) is 13.0 Å². The van der Waals surface area contributed by atoms with Crippen molar-refractivity contribution in [3.8, 4) is 17.1 Å². The van der Waals surface area contributed by atoms with Gasteiger partial charge in [0.05, 0.1) is 0 Å². The maximum atomic E-state index is 9.28. The summed E-state index contributed by atoms with van der Waals surface area (Å²) in [6.07, 6.45) is 0. The van der Waals surface area contributed by atoms with Gasteiger partial charge in [-0.1, -0.05) is 0 Å². The van der Waals surface area contributed by atoms with Gasteiger partial charge in [-0.05, 0) is 31.2 Å². The van der Waals surface area contributed by atoms with E-state index in [4.69, 9.17) is 0 Å². The average Bonchev–Trinajstić information content (AvgIpc) is 2.89. The summed E-state index contributed by atoms with van der Waals surface area (Å²) >= 11 is 0. The smallest absolute Gasteiger partial charge is 0.245 e. The number of benzene rings is 1. The minimum atomic E-state index is 0.249. The second kappa shape index (κ2) is 4.89. The van der Waals surface area contributed by atoms with Gasteiger partial charge in [-0.2, -0.15) is 4.98 Å². The molecular formula is C13H17N5O. The monoisotopic (exact) mass is 259 g/mol. The molecule has 1 aromatic carbocycles. The number of hydrogen-bond acceptors (Lipinski definition) is 5. The van der Waals surface area contributed by atoms with Crippen molar-refractivity contribution in [2.24, 2.45) is 0 Å². The van der Waals surface area contributed by atoms with E-state index in [0.717, 1.165) is 37.0 Å². The van der Waals surface area contributed by atoms with E-state index >= 15 is 0 Å². The van der Waals surface area contributed by atoms with Crippen LogP contribution in [0.3, 0.4) is 0 Å². The Morgan fingerprint density at radius 3 is 2.84 bits per heavy atom. The van der Waals surface area contributed by atoms with Gasteiger partial charge in [0.1, 0.15) is 5.75 Å². The maximum absolute atomic E-state index is 9.28. The first kappa shape index (κ1) is 12.0. The lowest BCUT2D eigenvalue weighted by Crippen LogP contribution is -2.49. The second-order valence-electron chi connectivity index (χ2n) is 4.83. The van der Waals surface area contributed by atoms with Crippen molar-refractivity contribution < 1.29 is 5.11 Å². The number of piperazine rings is 1. The maximum Gasteiger partial charge on any atom is 0.245 e. The van der Waals surface area contributed by atoms with Crippen LogP contribution in [0.4, 0.5) is 5.95 Å². The summed E-state index contributed by atoms with van der Waals surface area (Å²) in [7, 11) is 0. The fraction of sp³-hybridized carbons (Fsp3) is 0.385. The molecule has 0 saturated carbocycles. The largest absolute Gasteiger partial charge is 0.508 e. The molecule has 3 N–H and O–H groups in total. The number of nitrogens with zero attached hydrogens (tertiary/aromatic N) is 3. The normalized spacial score (nSPS) is 19.6. The van der Waals surface area contributed by atoms with Crippen molar-refractivity contribution in [3.63, 3.8) is 0 Å². The highest BCUT2D eigenvalue weighted by atomic mass is 16.3. The van der Waals surface area contributed by atoms with Gasteiger partial charge < -0.3 is 15.3 Å². The molecule has 0 amide bonds. The zero-order valence-corrected chi connectivity index (χ0v) is 10.8. The van der Waals surface area contributed by atoms with Gasteiger partial charge in [0.2, 0.25) is 5.95 Å². The Morgan fingerprint density at radius 1 is 1.32 bits per heavy atom. The molecule has 1 aromatic heterocycles. The van der Waals surface area contributed by atoms with Crippen LogP contribution in [0.1, 0.15) is 6.92 Å². The lowest BCUT2D eigenvalue weighted by molar-refractivity contribution is 0.475. The second-order valence-corrected chi connectivity index (χ2v) is 4.83. The van der Waals surface area contributed by atoms with Gasteiger partial charge in [0.25, 0.3) is 0 Å². The Balaban J connectivity index is 1.81. The molecule has 1 saturated heterocycles. The van der Waals surface area contributed by atoms with E-state index in [-0.39, 0.29) is 5.75 Å². The Labute approximate surface area is 111 Å². The van der Waals surface area contributed by atoms with Crippen LogP contribution >= 0.6 is 0 Å². The molecule has 100 valence electrons. The Hall–Kier alpha value is -2.08. The number of aromatic nitrogens is 3. The standard InChI is InChI=1S/C13H17N5O/c1-9-8-18(7-6-14-9)13-15-12(16-17-13)10-2-4-11(19)5-3-10/h2-5,9,14,19H,6-8H2,1H3,(H,15,16,17)/t9-/m1/s1. The molecule has 19 heavy (non-hydrogen) atoms. The van der Waals surface area contributed by atoms with Crippen molar-refractivity contribution in [3.05, 3.63) is 24.3 Å². The fourth-order valence-corrected chi connectivity index (χ4v) is 2.26. The molecule has 2 heterocycles. The molecule has 0 aliphatic carbocycles. The summed E-state index contributed by atoms with van der Waals surface area (Å²) in [5, 5.41) is 19.9. The number of phenolic OH excluding ortho intramolecular Hbond substituents is 1.